The first-order valence-electron chi connectivity index (χ1n) is 15.1. The van der Waals surface area contributed by atoms with Gasteiger partial charge in [0.15, 0.2) is 5.82 Å². The van der Waals surface area contributed by atoms with Crippen LogP contribution in [0.2, 0.25) is 0 Å². The van der Waals surface area contributed by atoms with Crippen LogP contribution in [0, 0.1) is 11.2 Å². The first-order valence-corrected chi connectivity index (χ1v) is 15.1. The topological polar surface area (TPSA) is 130 Å². The molecule has 228 valence electrons. The van der Waals surface area contributed by atoms with E-state index in [1.54, 1.807) is 24.4 Å². The lowest BCUT2D eigenvalue weighted by Crippen LogP contribution is -2.51. The third-order valence-electron chi connectivity index (χ3n) is 8.25. The summed E-state index contributed by atoms with van der Waals surface area (Å²) in [5.74, 6) is 0.575. The minimum absolute atomic E-state index is 0.0419. The van der Waals surface area contributed by atoms with Crippen molar-refractivity contribution in [2.75, 3.05) is 44.8 Å². The number of hydrogen-bond acceptors (Lipinski definition) is 9. The number of carbonyl (C=O) groups excluding carboxylic acids is 1. The third-order valence-corrected chi connectivity index (χ3v) is 8.25. The van der Waals surface area contributed by atoms with Gasteiger partial charge < -0.3 is 25.1 Å². The number of imidazole rings is 1. The number of nitrogens with one attached hydrogen (secondary N) is 3. The lowest BCUT2D eigenvalue weighted by molar-refractivity contribution is -0.231. The maximum absolute atomic E-state index is 13.8. The van der Waals surface area contributed by atoms with Gasteiger partial charge in [-0.25, -0.2) is 19.3 Å². The molecule has 1 saturated heterocycles. The molecule has 0 unspecified atom stereocenters. The number of amides is 1. The average molecular weight is 591 g/mol. The number of ether oxygens (including phenoxy) is 2. The highest BCUT2D eigenvalue weighted by molar-refractivity contribution is 5.83. The van der Waals surface area contributed by atoms with Crippen molar-refractivity contribution >= 4 is 18.1 Å². The van der Waals surface area contributed by atoms with Gasteiger partial charge in [0.05, 0.1) is 42.4 Å². The number of aromatic nitrogens is 4. The summed E-state index contributed by atoms with van der Waals surface area (Å²) in [6, 6.07) is 8.17. The van der Waals surface area contributed by atoms with Crippen LogP contribution in [-0.2, 0) is 14.3 Å². The molecule has 0 spiro atoms. The molecule has 0 radical (unpaired) electrons. The fraction of sp³-hybridized carbons (Fsp3) is 0.516. The van der Waals surface area contributed by atoms with Crippen LogP contribution < -0.4 is 10.6 Å². The van der Waals surface area contributed by atoms with Gasteiger partial charge in [0.25, 0.3) is 0 Å². The Balaban J connectivity index is 1.16. The Morgan fingerprint density at radius 2 is 1.91 bits per heavy atom. The van der Waals surface area contributed by atoms with Crippen molar-refractivity contribution < 1.29 is 18.7 Å². The quantitative estimate of drug-likeness (QED) is 0.298. The molecule has 0 bridgehead atoms. The van der Waals surface area contributed by atoms with E-state index in [-0.39, 0.29) is 31.0 Å². The summed E-state index contributed by atoms with van der Waals surface area (Å²) in [7, 11) is 0. The van der Waals surface area contributed by atoms with E-state index in [4.69, 9.17) is 19.4 Å². The Morgan fingerprint density at radius 3 is 2.65 bits per heavy atom. The minimum Gasteiger partial charge on any atom is -0.354 e. The molecule has 1 aromatic carbocycles. The van der Waals surface area contributed by atoms with Crippen molar-refractivity contribution in [3.05, 3.63) is 48.2 Å². The van der Waals surface area contributed by atoms with E-state index >= 15 is 0 Å². The molecular formula is C31H39FN8O3. The van der Waals surface area contributed by atoms with E-state index in [0.29, 0.717) is 34.4 Å². The smallest absolute Gasteiger partial charge is 0.230 e. The molecule has 1 amide bonds. The maximum Gasteiger partial charge on any atom is 0.230 e. The summed E-state index contributed by atoms with van der Waals surface area (Å²) in [6.07, 6.45) is 9.32. The van der Waals surface area contributed by atoms with Gasteiger partial charge in [-0.05, 0) is 56.5 Å². The van der Waals surface area contributed by atoms with Gasteiger partial charge in [-0.3, -0.25) is 14.7 Å². The largest absolute Gasteiger partial charge is 0.354 e. The molecule has 2 aliphatic heterocycles. The molecule has 11 nitrogen and oxygen atoms in total. The van der Waals surface area contributed by atoms with E-state index in [0.717, 1.165) is 58.4 Å². The molecule has 3 N–H and O–H groups in total. The van der Waals surface area contributed by atoms with Crippen LogP contribution in [0.5, 0.6) is 0 Å². The van der Waals surface area contributed by atoms with Gasteiger partial charge in [0.1, 0.15) is 5.82 Å². The molecule has 3 aromatic rings. The number of halogens is 1. The Morgan fingerprint density at radius 1 is 1.12 bits per heavy atom. The molecule has 1 aliphatic carbocycles. The van der Waals surface area contributed by atoms with Crippen LogP contribution in [-0.4, -0.2) is 82.5 Å². The number of aromatic amines is 1. The predicted octanol–water partition coefficient (Wildman–Crippen LogP) is 4.32. The van der Waals surface area contributed by atoms with Crippen molar-refractivity contribution in [1.82, 2.24) is 30.2 Å². The molecule has 0 atom stereocenters. The van der Waals surface area contributed by atoms with E-state index in [2.05, 4.69) is 30.5 Å². The monoisotopic (exact) mass is 590 g/mol. The second kappa shape index (κ2) is 13.3. The number of H-pyrrole nitrogens is 1. The van der Waals surface area contributed by atoms with Gasteiger partial charge in [-0.1, -0.05) is 19.3 Å². The van der Waals surface area contributed by atoms with Gasteiger partial charge in [0.2, 0.25) is 18.1 Å². The summed E-state index contributed by atoms with van der Waals surface area (Å²) in [6.45, 7) is 5.56. The Hall–Kier alpha value is -3.74. The van der Waals surface area contributed by atoms with Gasteiger partial charge in [-0.2, -0.15) is 0 Å². The predicted molar refractivity (Wildman–Crippen MR) is 161 cm³/mol. The zero-order valence-corrected chi connectivity index (χ0v) is 24.5. The Bertz CT molecular complexity index is 1410. The van der Waals surface area contributed by atoms with Gasteiger partial charge >= 0.3 is 0 Å². The molecular weight excluding hydrogens is 551 g/mol. The highest BCUT2D eigenvalue weighted by Gasteiger charge is 2.41. The van der Waals surface area contributed by atoms with Crippen LogP contribution in [0.15, 0.2) is 41.5 Å². The standard InChI is InChI=1S/C31H39FN8O3/c1-31(29(41)36-23-6-3-2-4-7-23)18-42-28(43-19-31)27-38-25(21-8-10-22(32)11-9-21)26(39-27)24-12-14-35-30(37-24)34-13-5-16-40-17-15-33-20-40/h8-12,14-15,23,28H,2-7,13,16-20H2,1H3,(H,36,41)(H,38,39)(H,34,35,37). The molecule has 43 heavy (non-hydrogen) atoms. The molecule has 2 fully saturated rings. The Kier molecular flexibility index (Phi) is 9.06. The van der Waals surface area contributed by atoms with Crippen LogP contribution in [0.25, 0.3) is 22.6 Å². The van der Waals surface area contributed by atoms with Crippen molar-refractivity contribution in [2.24, 2.45) is 10.4 Å². The van der Waals surface area contributed by atoms with E-state index in [1.165, 1.54) is 18.6 Å². The third kappa shape index (κ3) is 7.09. The lowest BCUT2D eigenvalue weighted by atomic mass is 9.89. The fourth-order valence-corrected chi connectivity index (χ4v) is 5.66. The highest BCUT2D eigenvalue weighted by atomic mass is 19.1. The second-order valence-corrected chi connectivity index (χ2v) is 11.8. The number of aliphatic imine (C=N–C) groups is 1. The summed E-state index contributed by atoms with van der Waals surface area (Å²) in [4.78, 5) is 36.9. The average Bonchev–Trinajstić information content (AvgIpc) is 3.72. The van der Waals surface area contributed by atoms with Crippen molar-refractivity contribution in [1.29, 1.82) is 0 Å². The van der Waals surface area contributed by atoms with Crippen molar-refractivity contribution in [3.8, 4) is 22.6 Å². The number of hydrogen-bond donors (Lipinski definition) is 3. The van der Waals surface area contributed by atoms with Crippen LogP contribution in [0.3, 0.4) is 0 Å². The number of anilines is 1. The lowest BCUT2D eigenvalue weighted by Gasteiger charge is -2.37. The van der Waals surface area contributed by atoms with E-state index < -0.39 is 11.7 Å². The first kappa shape index (κ1) is 29.3. The molecule has 3 aliphatic rings. The number of rotatable bonds is 10. The van der Waals surface area contributed by atoms with E-state index in [1.807, 2.05) is 13.1 Å². The summed E-state index contributed by atoms with van der Waals surface area (Å²) >= 11 is 0. The zero-order chi connectivity index (χ0) is 29.6. The SMILES string of the molecule is CC1(C(=O)NC2CCCCC2)COC(c2nc(-c3ccc(F)cc3)c(-c3ccnc(NCCCN4CC=NC4)n3)[nH]2)OC1. The normalized spacial score (nSPS) is 23.0. The van der Waals surface area contributed by atoms with Gasteiger partial charge in [-0.15, -0.1) is 0 Å². The molecule has 6 rings (SSSR count). The molecule has 4 heterocycles. The molecule has 2 aromatic heterocycles. The highest BCUT2D eigenvalue weighted by Crippen LogP contribution is 2.36. The van der Waals surface area contributed by atoms with Gasteiger partial charge in [0, 0.05) is 43.7 Å². The molecule has 12 heteroatoms. The van der Waals surface area contributed by atoms with Crippen LogP contribution >= 0.6 is 0 Å². The van der Waals surface area contributed by atoms with E-state index in [9.17, 15) is 9.18 Å². The summed E-state index contributed by atoms with van der Waals surface area (Å²) in [5, 5.41) is 6.50. The van der Waals surface area contributed by atoms with Crippen LogP contribution in [0.4, 0.5) is 10.3 Å². The Labute approximate surface area is 250 Å². The summed E-state index contributed by atoms with van der Waals surface area (Å²) in [5.41, 5.74) is 1.77. The number of carbonyl (C=O) groups is 1. The zero-order valence-electron chi connectivity index (χ0n) is 24.5. The minimum atomic E-state index is -0.794. The number of benzene rings is 1. The molecule has 1 saturated carbocycles. The fourth-order valence-electron chi connectivity index (χ4n) is 5.66. The second-order valence-electron chi connectivity index (χ2n) is 11.8. The first-order chi connectivity index (χ1) is 21.0. The maximum atomic E-state index is 13.8. The van der Waals surface area contributed by atoms with Crippen molar-refractivity contribution in [3.63, 3.8) is 0 Å². The number of nitrogens with zero attached hydrogens (tertiary/aromatic N) is 5. The van der Waals surface area contributed by atoms with Crippen molar-refractivity contribution in [2.45, 2.75) is 57.8 Å². The van der Waals surface area contributed by atoms with Crippen LogP contribution in [0.1, 0.15) is 57.6 Å². The summed E-state index contributed by atoms with van der Waals surface area (Å²) < 4.78 is 25.9.